The molecule has 0 aliphatic rings. The average molecular weight is 298 g/mol. The zero-order valence-corrected chi connectivity index (χ0v) is 11.2. The van der Waals surface area contributed by atoms with Crippen LogP contribution >= 0.6 is 23.2 Å². The number of ether oxygens (including phenoxy) is 1. The summed E-state index contributed by atoms with van der Waals surface area (Å²) in [5.74, 6) is 0.221. The predicted molar refractivity (Wildman–Crippen MR) is 73.9 cm³/mol. The molecule has 0 saturated carbocycles. The minimum atomic E-state index is -0.482. The monoisotopic (exact) mass is 297 g/mol. The largest absolute Gasteiger partial charge is 0.482 e. The van der Waals surface area contributed by atoms with Crippen molar-refractivity contribution in [3.8, 4) is 5.75 Å². The standard InChI is InChI=1S/C13H9Cl2NO3/c14-10-6-5-9(7-11(10)15)8-19-13-4-2-1-3-12(13)16(17)18/h1-7H,8H2. The van der Waals surface area contributed by atoms with Gasteiger partial charge < -0.3 is 4.74 Å². The van der Waals surface area contributed by atoms with Gasteiger partial charge in [0.25, 0.3) is 0 Å². The van der Waals surface area contributed by atoms with Crippen LogP contribution < -0.4 is 4.74 Å². The first kappa shape index (κ1) is 13.6. The number of hydrogen-bond acceptors (Lipinski definition) is 3. The lowest BCUT2D eigenvalue weighted by Crippen LogP contribution is -1.99. The summed E-state index contributed by atoms with van der Waals surface area (Å²) in [4.78, 5) is 10.3. The van der Waals surface area contributed by atoms with Gasteiger partial charge in [0.2, 0.25) is 0 Å². The number of hydrogen-bond donors (Lipinski definition) is 0. The molecule has 6 heteroatoms. The molecule has 0 bridgehead atoms. The molecule has 0 unspecified atom stereocenters. The van der Waals surface area contributed by atoms with Gasteiger partial charge in [0.1, 0.15) is 6.61 Å². The van der Waals surface area contributed by atoms with E-state index in [1.165, 1.54) is 6.07 Å². The van der Waals surface area contributed by atoms with E-state index in [9.17, 15) is 10.1 Å². The molecule has 0 amide bonds. The van der Waals surface area contributed by atoms with Gasteiger partial charge in [-0.3, -0.25) is 10.1 Å². The summed E-state index contributed by atoms with van der Waals surface area (Å²) < 4.78 is 5.44. The second kappa shape index (κ2) is 5.91. The molecule has 19 heavy (non-hydrogen) atoms. The maximum absolute atomic E-state index is 10.8. The normalized spacial score (nSPS) is 10.2. The number of rotatable bonds is 4. The molecular formula is C13H9Cl2NO3. The first-order valence-corrected chi connectivity index (χ1v) is 6.13. The quantitative estimate of drug-likeness (QED) is 0.617. The lowest BCUT2D eigenvalue weighted by Gasteiger charge is -2.07. The van der Waals surface area contributed by atoms with E-state index in [0.717, 1.165) is 5.56 Å². The molecule has 2 rings (SSSR count). The Kier molecular flexibility index (Phi) is 4.24. The molecule has 0 radical (unpaired) electrons. The molecule has 0 aromatic heterocycles. The van der Waals surface area contributed by atoms with E-state index in [1.807, 2.05) is 0 Å². The second-order valence-electron chi connectivity index (χ2n) is 3.76. The molecule has 4 nitrogen and oxygen atoms in total. The molecule has 0 spiro atoms. The van der Waals surface area contributed by atoms with Crippen LogP contribution in [-0.4, -0.2) is 4.92 Å². The second-order valence-corrected chi connectivity index (χ2v) is 4.58. The molecule has 0 aliphatic heterocycles. The van der Waals surface area contributed by atoms with Crippen molar-refractivity contribution >= 4 is 28.9 Å². The molecule has 0 saturated heterocycles. The summed E-state index contributed by atoms with van der Waals surface area (Å²) in [6, 6.07) is 11.3. The van der Waals surface area contributed by atoms with Crippen LogP contribution in [0.3, 0.4) is 0 Å². The fourth-order valence-corrected chi connectivity index (χ4v) is 1.84. The van der Waals surface area contributed by atoms with Crippen molar-refractivity contribution < 1.29 is 9.66 Å². The molecule has 0 aliphatic carbocycles. The van der Waals surface area contributed by atoms with Crippen LogP contribution in [0.25, 0.3) is 0 Å². The average Bonchev–Trinajstić information content (AvgIpc) is 2.40. The van der Waals surface area contributed by atoms with E-state index in [1.54, 1.807) is 36.4 Å². The Bertz CT molecular complexity index is 617. The highest BCUT2D eigenvalue weighted by Crippen LogP contribution is 2.28. The molecule has 0 atom stereocenters. The Hall–Kier alpha value is -1.78. The Balaban J connectivity index is 2.14. The highest BCUT2D eigenvalue weighted by molar-refractivity contribution is 6.42. The van der Waals surface area contributed by atoms with Crippen molar-refractivity contribution in [2.45, 2.75) is 6.61 Å². The lowest BCUT2D eigenvalue weighted by molar-refractivity contribution is -0.385. The highest BCUT2D eigenvalue weighted by Gasteiger charge is 2.13. The van der Waals surface area contributed by atoms with E-state index in [2.05, 4.69) is 0 Å². The first-order chi connectivity index (χ1) is 9.08. The summed E-state index contributed by atoms with van der Waals surface area (Å²) in [5.41, 5.74) is 0.718. The van der Waals surface area contributed by atoms with Crippen LogP contribution in [0.2, 0.25) is 10.0 Å². The SMILES string of the molecule is O=[N+]([O-])c1ccccc1OCc1ccc(Cl)c(Cl)c1. The summed E-state index contributed by atoms with van der Waals surface area (Å²) in [7, 11) is 0. The smallest absolute Gasteiger partial charge is 0.310 e. The summed E-state index contributed by atoms with van der Waals surface area (Å²) in [5, 5.41) is 11.7. The van der Waals surface area contributed by atoms with Gasteiger partial charge in [-0.25, -0.2) is 0 Å². The maximum atomic E-state index is 10.8. The fraction of sp³-hybridized carbons (Fsp3) is 0.0769. The van der Waals surface area contributed by atoms with E-state index < -0.39 is 4.92 Å². The zero-order chi connectivity index (χ0) is 13.8. The van der Waals surface area contributed by atoms with E-state index >= 15 is 0 Å². The Morgan fingerprint density at radius 3 is 2.53 bits per heavy atom. The van der Waals surface area contributed by atoms with Gasteiger partial charge in [-0.05, 0) is 23.8 Å². The molecule has 0 N–H and O–H groups in total. The highest BCUT2D eigenvalue weighted by atomic mass is 35.5. The number of nitro groups is 1. The van der Waals surface area contributed by atoms with Crippen molar-refractivity contribution in [3.63, 3.8) is 0 Å². The van der Waals surface area contributed by atoms with Crippen LogP contribution in [-0.2, 0) is 6.61 Å². The van der Waals surface area contributed by atoms with Crippen LogP contribution in [0, 0.1) is 10.1 Å². The van der Waals surface area contributed by atoms with E-state index in [4.69, 9.17) is 27.9 Å². The number of benzene rings is 2. The van der Waals surface area contributed by atoms with Gasteiger partial charge in [0.15, 0.2) is 5.75 Å². The maximum Gasteiger partial charge on any atom is 0.310 e. The van der Waals surface area contributed by atoms with Gasteiger partial charge in [0, 0.05) is 6.07 Å². The van der Waals surface area contributed by atoms with Crippen LogP contribution in [0.1, 0.15) is 5.56 Å². The third-order valence-electron chi connectivity index (χ3n) is 2.44. The number of nitrogens with zero attached hydrogens (tertiary/aromatic N) is 1. The summed E-state index contributed by atoms with van der Waals surface area (Å²) in [6.07, 6.45) is 0. The van der Waals surface area contributed by atoms with Gasteiger partial charge in [-0.2, -0.15) is 0 Å². The van der Waals surface area contributed by atoms with Gasteiger partial charge in [0.05, 0.1) is 15.0 Å². The van der Waals surface area contributed by atoms with E-state index in [0.29, 0.717) is 10.0 Å². The van der Waals surface area contributed by atoms with Gasteiger partial charge in [-0.1, -0.05) is 41.4 Å². The van der Waals surface area contributed by atoms with Crippen molar-refractivity contribution in [1.29, 1.82) is 0 Å². The zero-order valence-electron chi connectivity index (χ0n) is 9.68. The van der Waals surface area contributed by atoms with Crippen molar-refractivity contribution in [2.75, 3.05) is 0 Å². The Labute approximate surface area is 119 Å². The van der Waals surface area contributed by atoms with Crippen molar-refractivity contribution in [1.82, 2.24) is 0 Å². The van der Waals surface area contributed by atoms with Crippen LogP contribution in [0.4, 0.5) is 5.69 Å². The van der Waals surface area contributed by atoms with Crippen molar-refractivity contribution in [2.24, 2.45) is 0 Å². The summed E-state index contributed by atoms with van der Waals surface area (Å²) >= 11 is 11.7. The Morgan fingerprint density at radius 2 is 1.84 bits per heavy atom. The molecule has 0 heterocycles. The molecule has 2 aromatic carbocycles. The predicted octanol–water partition coefficient (Wildman–Crippen LogP) is 4.48. The van der Waals surface area contributed by atoms with Crippen LogP contribution in [0.5, 0.6) is 5.75 Å². The topological polar surface area (TPSA) is 52.4 Å². The summed E-state index contributed by atoms with van der Waals surface area (Å²) in [6.45, 7) is 0.182. The minimum Gasteiger partial charge on any atom is -0.482 e. The lowest BCUT2D eigenvalue weighted by atomic mass is 10.2. The minimum absolute atomic E-state index is 0.0671. The first-order valence-electron chi connectivity index (χ1n) is 5.38. The molecule has 98 valence electrons. The van der Waals surface area contributed by atoms with Gasteiger partial charge in [-0.15, -0.1) is 0 Å². The third kappa shape index (κ3) is 3.36. The molecular weight excluding hydrogens is 289 g/mol. The molecule has 2 aromatic rings. The Morgan fingerprint density at radius 1 is 1.11 bits per heavy atom. The number of nitro benzene ring substituents is 1. The molecule has 0 fully saturated rings. The van der Waals surface area contributed by atoms with E-state index in [-0.39, 0.29) is 18.0 Å². The van der Waals surface area contributed by atoms with Crippen molar-refractivity contribution in [3.05, 3.63) is 68.2 Å². The van der Waals surface area contributed by atoms with Gasteiger partial charge >= 0.3 is 5.69 Å². The number of para-hydroxylation sites is 2. The third-order valence-corrected chi connectivity index (χ3v) is 3.18. The van der Waals surface area contributed by atoms with Crippen LogP contribution in [0.15, 0.2) is 42.5 Å². The number of halogens is 2. The fourth-order valence-electron chi connectivity index (χ4n) is 1.52.